The molecule has 92 valence electrons. The molecule has 4 heteroatoms. The molecule has 0 spiro atoms. The van der Waals surface area contributed by atoms with Crippen LogP contribution in [-0.4, -0.2) is 59.1 Å². The Morgan fingerprint density at radius 1 is 1.38 bits per heavy atom. The van der Waals surface area contributed by atoms with Crippen molar-refractivity contribution in [1.82, 2.24) is 9.80 Å². The van der Waals surface area contributed by atoms with E-state index in [1.807, 2.05) is 0 Å². The molecule has 1 saturated carbocycles. The van der Waals surface area contributed by atoms with E-state index in [0.29, 0.717) is 12.1 Å². The SMILES string of the molecule is CC1CCN(C2CC2)C(CC(=O)O)CN1C. The second kappa shape index (κ2) is 4.72. The fourth-order valence-electron chi connectivity index (χ4n) is 2.63. The summed E-state index contributed by atoms with van der Waals surface area (Å²) in [4.78, 5) is 15.7. The minimum atomic E-state index is -0.668. The van der Waals surface area contributed by atoms with Gasteiger partial charge in [-0.15, -0.1) is 0 Å². The Bertz CT molecular complexity index is 266. The Balaban J connectivity index is 2.04. The van der Waals surface area contributed by atoms with E-state index in [-0.39, 0.29) is 12.5 Å². The number of aliphatic carboxylic acids is 1. The maximum absolute atomic E-state index is 10.9. The zero-order chi connectivity index (χ0) is 11.7. The van der Waals surface area contributed by atoms with Gasteiger partial charge in [0.1, 0.15) is 0 Å². The van der Waals surface area contributed by atoms with E-state index in [9.17, 15) is 4.79 Å². The Kier molecular flexibility index (Phi) is 3.50. The van der Waals surface area contributed by atoms with Crippen LogP contribution in [0.15, 0.2) is 0 Å². The number of hydrogen-bond acceptors (Lipinski definition) is 3. The van der Waals surface area contributed by atoms with Gasteiger partial charge < -0.3 is 10.0 Å². The normalized spacial score (nSPS) is 33.6. The third-order valence-electron chi connectivity index (χ3n) is 3.95. The van der Waals surface area contributed by atoms with Gasteiger partial charge in [0.25, 0.3) is 0 Å². The van der Waals surface area contributed by atoms with E-state index >= 15 is 0 Å². The first-order valence-corrected chi connectivity index (χ1v) is 6.25. The number of carbonyl (C=O) groups is 1. The van der Waals surface area contributed by atoms with Gasteiger partial charge in [0.15, 0.2) is 0 Å². The summed E-state index contributed by atoms with van der Waals surface area (Å²) in [6.45, 7) is 4.19. The molecule has 2 atom stereocenters. The number of carboxylic acids is 1. The Morgan fingerprint density at radius 3 is 2.62 bits per heavy atom. The van der Waals surface area contributed by atoms with Crippen LogP contribution in [0.5, 0.6) is 0 Å². The fraction of sp³-hybridized carbons (Fsp3) is 0.917. The molecule has 1 aliphatic heterocycles. The quantitative estimate of drug-likeness (QED) is 0.780. The average molecular weight is 226 g/mol. The second-order valence-electron chi connectivity index (χ2n) is 5.30. The predicted molar refractivity (Wildman–Crippen MR) is 62.5 cm³/mol. The third-order valence-corrected chi connectivity index (χ3v) is 3.95. The van der Waals surface area contributed by atoms with E-state index in [1.54, 1.807) is 0 Å². The van der Waals surface area contributed by atoms with Crippen LogP contribution in [0.3, 0.4) is 0 Å². The summed E-state index contributed by atoms with van der Waals surface area (Å²) in [7, 11) is 2.11. The van der Waals surface area contributed by atoms with Gasteiger partial charge in [-0.2, -0.15) is 0 Å². The lowest BCUT2D eigenvalue weighted by Crippen LogP contribution is -2.43. The summed E-state index contributed by atoms with van der Waals surface area (Å²) < 4.78 is 0. The molecule has 2 aliphatic rings. The van der Waals surface area contributed by atoms with Gasteiger partial charge in [-0.25, -0.2) is 0 Å². The predicted octanol–water partition coefficient (Wildman–Crippen LogP) is 1.02. The van der Waals surface area contributed by atoms with Crippen LogP contribution in [0.1, 0.15) is 32.6 Å². The monoisotopic (exact) mass is 226 g/mol. The number of hydrogen-bond donors (Lipinski definition) is 1. The van der Waals surface area contributed by atoms with Gasteiger partial charge in [-0.1, -0.05) is 0 Å². The zero-order valence-corrected chi connectivity index (χ0v) is 10.2. The number of nitrogens with zero attached hydrogens (tertiary/aromatic N) is 2. The Morgan fingerprint density at radius 2 is 2.06 bits per heavy atom. The van der Waals surface area contributed by atoms with Crippen molar-refractivity contribution in [3.63, 3.8) is 0 Å². The average Bonchev–Trinajstić information content (AvgIpc) is 2.99. The molecule has 0 radical (unpaired) electrons. The van der Waals surface area contributed by atoms with Crippen molar-refractivity contribution in [1.29, 1.82) is 0 Å². The third kappa shape index (κ3) is 2.74. The van der Waals surface area contributed by atoms with Gasteiger partial charge in [0.05, 0.1) is 6.42 Å². The zero-order valence-electron chi connectivity index (χ0n) is 10.2. The molecular weight excluding hydrogens is 204 g/mol. The summed E-state index contributed by atoms with van der Waals surface area (Å²) in [5, 5.41) is 8.98. The van der Waals surface area contributed by atoms with Crippen molar-refractivity contribution in [2.75, 3.05) is 20.1 Å². The molecular formula is C12H22N2O2. The maximum Gasteiger partial charge on any atom is 0.304 e. The van der Waals surface area contributed by atoms with Crippen LogP contribution < -0.4 is 0 Å². The van der Waals surface area contributed by atoms with Gasteiger partial charge in [0, 0.05) is 31.2 Å². The topological polar surface area (TPSA) is 43.8 Å². The van der Waals surface area contributed by atoms with Crippen molar-refractivity contribution >= 4 is 5.97 Å². The first-order valence-electron chi connectivity index (χ1n) is 6.25. The molecule has 1 saturated heterocycles. The van der Waals surface area contributed by atoms with Gasteiger partial charge in [-0.3, -0.25) is 9.69 Å². The van der Waals surface area contributed by atoms with Crippen molar-refractivity contribution in [2.24, 2.45) is 0 Å². The molecule has 16 heavy (non-hydrogen) atoms. The van der Waals surface area contributed by atoms with Crippen molar-refractivity contribution in [2.45, 2.75) is 50.7 Å². The first kappa shape index (κ1) is 11.9. The lowest BCUT2D eigenvalue weighted by atomic mass is 10.1. The lowest BCUT2D eigenvalue weighted by Gasteiger charge is -2.30. The van der Waals surface area contributed by atoms with Crippen LogP contribution in [-0.2, 0) is 4.79 Å². The Labute approximate surface area is 97.2 Å². The van der Waals surface area contributed by atoms with Crippen molar-refractivity contribution in [3.8, 4) is 0 Å². The lowest BCUT2D eigenvalue weighted by molar-refractivity contribution is -0.138. The highest BCUT2D eigenvalue weighted by molar-refractivity contribution is 5.67. The smallest absolute Gasteiger partial charge is 0.304 e. The minimum absolute atomic E-state index is 0.208. The van der Waals surface area contributed by atoms with E-state index in [0.717, 1.165) is 19.5 Å². The molecule has 1 heterocycles. The molecule has 0 bridgehead atoms. The number of rotatable bonds is 3. The molecule has 2 unspecified atom stereocenters. The van der Waals surface area contributed by atoms with Crippen LogP contribution in [0, 0.1) is 0 Å². The minimum Gasteiger partial charge on any atom is -0.481 e. The van der Waals surface area contributed by atoms with Gasteiger partial charge in [0.2, 0.25) is 0 Å². The molecule has 0 aromatic rings. The summed E-state index contributed by atoms with van der Waals surface area (Å²) in [5.74, 6) is -0.668. The molecule has 0 aromatic heterocycles. The number of carboxylic acid groups (broad SMARTS) is 1. The van der Waals surface area contributed by atoms with Crippen LogP contribution in [0.4, 0.5) is 0 Å². The molecule has 0 aromatic carbocycles. The van der Waals surface area contributed by atoms with Crippen LogP contribution in [0.25, 0.3) is 0 Å². The largest absolute Gasteiger partial charge is 0.481 e. The second-order valence-corrected chi connectivity index (χ2v) is 5.30. The van der Waals surface area contributed by atoms with Crippen molar-refractivity contribution in [3.05, 3.63) is 0 Å². The molecule has 2 rings (SSSR count). The van der Waals surface area contributed by atoms with Crippen LogP contribution >= 0.6 is 0 Å². The first-order chi connectivity index (χ1) is 7.58. The summed E-state index contributed by atoms with van der Waals surface area (Å²) in [5.41, 5.74) is 0. The summed E-state index contributed by atoms with van der Waals surface area (Å²) in [6.07, 6.45) is 3.96. The standard InChI is InChI=1S/C12H22N2O2/c1-9-5-6-14(10-3-4-10)11(7-12(15)16)8-13(9)2/h9-11H,3-8H2,1-2H3,(H,15,16). The van der Waals surface area contributed by atoms with Crippen LogP contribution in [0.2, 0.25) is 0 Å². The van der Waals surface area contributed by atoms with E-state index in [2.05, 4.69) is 23.8 Å². The molecule has 2 fully saturated rings. The summed E-state index contributed by atoms with van der Waals surface area (Å²) >= 11 is 0. The molecule has 0 amide bonds. The highest BCUT2D eigenvalue weighted by Crippen LogP contribution is 2.31. The van der Waals surface area contributed by atoms with E-state index < -0.39 is 5.97 Å². The molecule has 4 nitrogen and oxygen atoms in total. The highest BCUT2D eigenvalue weighted by Gasteiger charge is 2.37. The fourth-order valence-corrected chi connectivity index (χ4v) is 2.63. The maximum atomic E-state index is 10.9. The molecule has 1 aliphatic carbocycles. The van der Waals surface area contributed by atoms with Gasteiger partial charge in [-0.05, 0) is 33.2 Å². The van der Waals surface area contributed by atoms with Crippen molar-refractivity contribution < 1.29 is 9.90 Å². The van der Waals surface area contributed by atoms with Gasteiger partial charge >= 0.3 is 5.97 Å². The highest BCUT2D eigenvalue weighted by atomic mass is 16.4. The number of likely N-dealkylation sites (N-methyl/N-ethyl adjacent to an activating group) is 1. The Hall–Kier alpha value is -0.610. The molecule has 1 N–H and O–H groups in total. The summed E-state index contributed by atoms with van der Waals surface area (Å²) in [6, 6.07) is 1.45. The van der Waals surface area contributed by atoms with E-state index in [4.69, 9.17) is 5.11 Å². The van der Waals surface area contributed by atoms with E-state index in [1.165, 1.54) is 12.8 Å².